The van der Waals surface area contributed by atoms with Crippen LogP contribution in [-0.2, 0) is 14.6 Å². The standard InChI is InChI=1S/C12H24N2O3S.ClH/c1-3-7-14(11-5-6-13-9-11)12(15)10-18(16,17)8-4-2;/h11,13H,3-10H2,1-2H3;1H. The molecule has 1 aliphatic heterocycles. The Balaban J connectivity index is 0.00000324. The molecule has 0 spiro atoms. The van der Waals surface area contributed by atoms with Gasteiger partial charge < -0.3 is 10.2 Å². The molecule has 114 valence electrons. The number of carbonyl (C=O) groups excluding carboxylic acids is 1. The minimum Gasteiger partial charge on any atom is -0.338 e. The number of rotatable bonds is 7. The Labute approximate surface area is 122 Å². The summed E-state index contributed by atoms with van der Waals surface area (Å²) < 4.78 is 23.4. The zero-order valence-electron chi connectivity index (χ0n) is 11.7. The van der Waals surface area contributed by atoms with Gasteiger partial charge in [0.2, 0.25) is 5.91 Å². The van der Waals surface area contributed by atoms with Gasteiger partial charge in [0.25, 0.3) is 0 Å². The summed E-state index contributed by atoms with van der Waals surface area (Å²) in [7, 11) is -3.24. The number of amides is 1. The van der Waals surface area contributed by atoms with E-state index in [2.05, 4.69) is 5.32 Å². The van der Waals surface area contributed by atoms with Crippen molar-refractivity contribution >= 4 is 28.2 Å². The fourth-order valence-electron chi connectivity index (χ4n) is 2.31. The van der Waals surface area contributed by atoms with Crippen molar-refractivity contribution < 1.29 is 13.2 Å². The second-order valence-electron chi connectivity index (χ2n) is 4.83. The van der Waals surface area contributed by atoms with Gasteiger partial charge in [0.15, 0.2) is 9.84 Å². The molecule has 5 nitrogen and oxygen atoms in total. The quantitative estimate of drug-likeness (QED) is 0.756. The summed E-state index contributed by atoms with van der Waals surface area (Å²) in [6, 6.07) is 0.161. The monoisotopic (exact) mass is 312 g/mol. The van der Waals surface area contributed by atoms with Gasteiger partial charge in [-0.2, -0.15) is 0 Å². The van der Waals surface area contributed by atoms with Crippen LogP contribution in [0.5, 0.6) is 0 Å². The molecule has 1 rings (SSSR count). The summed E-state index contributed by atoms with van der Waals surface area (Å²) in [6.07, 6.45) is 2.34. The van der Waals surface area contributed by atoms with Crippen molar-refractivity contribution in [2.45, 2.75) is 39.2 Å². The molecule has 0 aromatic carbocycles. The first kappa shape index (κ1) is 18.7. The van der Waals surface area contributed by atoms with Gasteiger partial charge >= 0.3 is 0 Å². The molecule has 1 heterocycles. The first-order chi connectivity index (χ1) is 8.50. The van der Waals surface area contributed by atoms with Gasteiger partial charge in [-0.1, -0.05) is 13.8 Å². The molecule has 7 heteroatoms. The lowest BCUT2D eigenvalue weighted by atomic mass is 10.2. The maximum Gasteiger partial charge on any atom is 0.238 e. The van der Waals surface area contributed by atoms with E-state index in [0.717, 1.165) is 25.9 Å². The minimum atomic E-state index is -3.24. The van der Waals surface area contributed by atoms with Crippen LogP contribution in [0.25, 0.3) is 0 Å². The van der Waals surface area contributed by atoms with Gasteiger partial charge in [0.1, 0.15) is 5.75 Å². The maximum atomic E-state index is 12.1. The molecule has 0 saturated carbocycles. The van der Waals surface area contributed by atoms with Crippen LogP contribution in [0.1, 0.15) is 33.1 Å². The van der Waals surface area contributed by atoms with E-state index in [9.17, 15) is 13.2 Å². The third-order valence-electron chi connectivity index (χ3n) is 3.12. The zero-order valence-corrected chi connectivity index (χ0v) is 13.4. The highest BCUT2D eigenvalue weighted by Crippen LogP contribution is 2.11. The Kier molecular flexibility index (Phi) is 8.61. The second kappa shape index (κ2) is 8.76. The van der Waals surface area contributed by atoms with Gasteiger partial charge in [-0.25, -0.2) is 8.42 Å². The lowest BCUT2D eigenvalue weighted by Crippen LogP contribution is -2.44. The van der Waals surface area contributed by atoms with Gasteiger partial charge in [0, 0.05) is 19.1 Å². The van der Waals surface area contributed by atoms with Gasteiger partial charge in [-0.3, -0.25) is 4.79 Å². The molecule has 1 saturated heterocycles. The molecule has 0 bridgehead atoms. The molecular weight excluding hydrogens is 288 g/mol. The van der Waals surface area contributed by atoms with Crippen LogP contribution in [0.3, 0.4) is 0 Å². The predicted molar refractivity (Wildman–Crippen MR) is 79.5 cm³/mol. The third kappa shape index (κ3) is 6.10. The van der Waals surface area contributed by atoms with Crippen LogP contribution in [-0.4, -0.2) is 56.4 Å². The number of hydrogen-bond acceptors (Lipinski definition) is 4. The van der Waals surface area contributed by atoms with Crippen molar-refractivity contribution in [3.8, 4) is 0 Å². The molecular formula is C12H25ClN2O3S. The molecule has 19 heavy (non-hydrogen) atoms. The van der Waals surface area contributed by atoms with E-state index >= 15 is 0 Å². The fraction of sp³-hybridized carbons (Fsp3) is 0.917. The van der Waals surface area contributed by atoms with Gasteiger partial charge in [0.05, 0.1) is 5.75 Å². The average molecular weight is 313 g/mol. The molecule has 1 fully saturated rings. The van der Waals surface area contributed by atoms with Crippen LogP contribution in [0.15, 0.2) is 0 Å². The summed E-state index contributed by atoms with van der Waals surface area (Å²) in [6.45, 7) is 6.14. The summed E-state index contributed by atoms with van der Waals surface area (Å²) in [4.78, 5) is 13.9. The maximum absolute atomic E-state index is 12.1. The first-order valence-electron chi connectivity index (χ1n) is 6.70. The predicted octanol–water partition coefficient (Wildman–Crippen LogP) is 0.833. The Morgan fingerprint density at radius 3 is 2.47 bits per heavy atom. The molecule has 1 aliphatic rings. The number of halogens is 1. The molecule has 1 atom stereocenters. The lowest BCUT2D eigenvalue weighted by molar-refractivity contribution is -0.130. The number of nitrogens with one attached hydrogen (secondary N) is 1. The number of nitrogens with zero attached hydrogens (tertiary/aromatic N) is 1. The Hall–Kier alpha value is -0.330. The summed E-state index contributed by atoms with van der Waals surface area (Å²) >= 11 is 0. The topological polar surface area (TPSA) is 66.5 Å². The SMILES string of the molecule is CCCN(C(=O)CS(=O)(=O)CCC)C1CCNC1.Cl. The second-order valence-corrected chi connectivity index (χ2v) is 7.01. The van der Waals surface area contributed by atoms with Crippen molar-refractivity contribution in [3.63, 3.8) is 0 Å². The van der Waals surface area contributed by atoms with E-state index in [1.165, 1.54) is 0 Å². The summed E-state index contributed by atoms with van der Waals surface area (Å²) in [5, 5.41) is 3.21. The van der Waals surface area contributed by atoms with E-state index in [1.54, 1.807) is 4.90 Å². The van der Waals surface area contributed by atoms with Crippen molar-refractivity contribution in [3.05, 3.63) is 0 Å². The van der Waals surface area contributed by atoms with Crippen LogP contribution < -0.4 is 5.32 Å². The molecule has 1 unspecified atom stereocenters. The molecule has 0 aromatic heterocycles. The Morgan fingerprint density at radius 2 is 2.00 bits per heavy atom. The lowest BCUT2D eigenvalue weighted by Gasteiger charge is -2.28. The van der Waals surface area contributed by atoms with Crippen molar-refractivity contribution in [2.24, 2.45) is 0 Å². The van der Waals surface area contributed by atoms with Gasteiger partial charge in [-0.05, 0) is 25.8 Å². The largest absolute Gasteiger partial charge is 0.338 e. The van der Waals surface area contributed by atoms with E-state index < -0.39 is 9.84 Å². The highest BCUT2D eigenvalue weighted by molar-refractivity contribution is 7.92. The Bertz CT molecular complexity index is 367. The van der Waals surface area contributed by atoms with Crippen LogP contribution in [0.4, 0.5) is 0 Å². The normalized spacial score (nSPS) is 18.9. The van der Waals surface area contributed by atoms with Crippen LogP contribution in [0.2, 0.25) is 0 Å². The third-order valence-corrected chi connectivity index (χ3v) is 4.84. The summed E-state index contributed by atoms with van der Waals surface area (Å²) in [5.74, 6) is -0.474. The Morgan fingerprint density at radius 1 is 1.32 bits per heavy atom. The highest BCUT2D eigenvalue weighted by Gasteiger charge is 2.28. The van der Waals surface area contributed by atoms with Crippen molar-refractivity contribution in [1.29, 1.82) is 0 Å². The summed E-state index contributed by atoms with van der Waals surface area (Å²) in [5.41, 5.74) is 0. The van der Waals surface area contributed by atoms with E-state index in [1.807, 2.05) is 13.8 Å². The fourth-order valence-corrected chi connectivity index (χ4v) is 3.62. The number of sulfone groups is 1. The smallest absolute Gasteiger partial charge is 0.238 e. The number of hydrogen-bond donors (Lipinski definition) is 1. The highest BCUT2D eigenvalue weighted by atomic mass is 35.5. The zero-order chi connectivity index (χ0) is 13.6. The molecule has 0 aliphatic carbocycles. The molecule has 0 aromatic rings. The minimum absolute atomic E-state index is 0. The first-order valence-corrected chi connectivity index (χ1v) is 8.53. The van der Waals surface area contributed by atoms with E-state index in [4.69, 9.17) is 0 Å². The van der Waals surface area contributed by atoms with Gasteiger partial charge in [-0.15, -0.1) is 12.4 Å². The average Bonchev–Trinajstić information content (AvgIpc) is 2.77. The van der Waals surface area contributed by atoms with Crippen LogP contribution >= 0.6 is 12.4 Å². The molecule has 0 radical (unpaired) electrons. The number of carbonyl (C=O) groups is 1. The van der Waals surface area contributed by atoms with Crippen LogP contribution in [0, 0.1) is 0 Å². The van der Waals surface area contributed by atoms with Crippen molar-refractivity contribution in [1.82, 2.24) is 10.2 Å². The van der Waals surface area contributed by atoms with E-state index in [0.29, 0.717) is 13.0 Å². The van der Waals surface area contributed by atoms with Crippen molar-refractivity contribution in [2.75, 3.05) is 31.1 Å². The molecule has 1 amide bonds. The van der Waals surface area contributed by atoms with E-state index in [-0.39, 0.29) is 35.9 Å². The molecule has 1 N–H and O–H groups in total.